The van der Waals surface area contributed by atoms with Crippen molar-refractivity contribution in [2.24, 2.45) is 0 Å². The second-order valence-electron chi connectivity index (χ2n) is 10.3. The molecule has 0 atom stereocenters. The van der Waals surface area contributed by atoms with Gasteiger partial charge in [0.25, 0.3) is 0 Å². The lowest BCUT2D eigenvalue weighted by atomic mass is 9.74. The van der Waals surface area contributed by atoms with Crippen molar-refractivity contribution in [3.05, 3.63) is 70.8 Å². The second kappa shape index (κ2) is 8.44. The first-order valence-electron chi connectivity index (χ1n) is 11.5. The van der Waals surface area contributed by atoms with E-state index in [-0.39, 0.29) is 10.8 Å². The maximum Gasteiger partial charge on any atom is -0.0106 e. The summed E-state index contributed by atoms with van der Waals surface area (Å²) in [5.74, 6) is 1.49. The molecule has 0 spiro atoms. The smallest absolute Gasteiger partial charge is 0.0106 e. The SMILES string of the molecule is CCC(C)(C)c1ccc(C2CCC(c3ccc(C(C)(C)CC)cc3)CC2)cc1. The summed E-state index contributed by atoms with van der Waals surface area (Å²) in [5, 5.41) is 0. The molecule has 0 N–H and O–H groups in total. The standard InChI is InChI=1S/C28H40/c1-7-27(3,4)25-17-13-23(14-18-25)21-9-11-22(12-10-21)24-15-19-26(20-16-24)28(5,6)8-2/h13-22H,7-12H2,1-6H3. The third-order valence-electron chi connectivity index (χ3n) is 7.82. The van der Waals surface area contributed by atoms with E-state index in [1.807, 2.05) is 0 Å². The first-order valence-corrected chi connectivity index (χ1v) is 11.5. The minimum atomic E-state index is 0.286. The molecule has 2 aromatic rings. The summed E-state index contributed by atoms with van der Waals surface area (Å²) in [7, 11) is 0. The molecule has 0 heteroatoms. The van der Waals surface area contributed by atoms with Gasteiger partial charge in [0.1, 0.15) is 0 Å². The fourth-order valence-electron chi connectivity index (χ4n) is 4.58. The van der Waals surface area contributed by atoms with Crippen LogP contribution in [0, 0.1) is 0 Å². The Kier molecular flexibility index (Phi) is 6.37. The molecule has 2 aromatic carbocycles. The lowest BCUT2D eigenvalue weighted by Gasteiger charge is -2.30. The van der Waals surface area contributed by atoms with Crippen molar-refractivity contribution >= 4 is 0 Å². The molecule has 1 aliphatic carbocycles. The van der Waals surface area contributed by atoms with Crippen LogP contribution in [0.4, 0.5) is 0 Å². The van der Waals surface area contributed by atoms with E-state index in [4.69, 9.17) is 0 Å². The normalized spacial score (nSPS) is 20.9. The first kappa shape index (κ1) is 21.2. The van der Waals surface area contributed by atoms with Gasteiger partial charge in [-0.2, -0.15) is 0 Å². The molecule has 1 saturated carbocycles. The van der Waals surface area contributed by atoms with Crippen LogP contribution in [-0.4, -0.2) is 0 Å². The minimum absolute atomic E-state index is 0.286. The van der Waals surface area contributed by atoms with E-state index in [0.29, 0.717) is 0 Å². The zero-order chi connectivity index (χ0) is 20.4. The van der Waals surface area contributed by atoms with Crippen LogP contribution in [-0.2, 0) is 10.8 Å². The van der Waals surface area contributed by atoms with Gasteiger partial charge >= 0.3 is 0 Å². The van der Waals surface area contributed by atoms with Crippen LogP contribution in [0.25, 0.3) is 0 Å². The van der Waals surface area contributed by atoms with Crippen molar-refractivity contribution < 1.29 is 0 Å². The van der Waals surface area contributed by atoms with Gasteiger partial charge in [0.15, 0.2) is 0 Å². The summed E-state index contributed by atoms with van der Waals surface area (Å²) >= 11 is 0. The summed E-state index contributed by atoms with van der Waals surface area (Å²) in [4.78, 5) is 0. The van der Waals surface area contributed by atoms with Crippen molar-refractivity contribution in [3.63, 3.8) is 0 Å². The molecule has 1 fully saturated rings. The van der Waals surface area contributed by atoms with Gasteiger partial charge in [-0.3, -0.25) is 0 Å². The Morgan fingerprint density at radius 3 is 1.11 bits per heavy atom. The van der Waals surface area contributed by atoms with Crippen LogP contribution in [0.1, 0.15) is 114 Å². The number of hydrogen-bond donors (Lipinski definition) is 0. The average molecular weight is 377 g/mol. The summed E-state index contributed by atoms with van der Waals surface area (Å²) in [6.45, 7) is 14.0. The van der Waals surface area contributed by atoms with Gasteiger partial charge in [-0.05, 0) is 83.4 Å². The van der Waals surface area contributed by atoms with Gasteiger partial charge < -0.3 is 0 Å². The molecule has 0 unspecified atom stereocenters. The lowest BCUT2D eigenvalue weighted by molar-refractivity contribution is 0.396. The Morgan fingerprint density at radius 1 is 0.571 bits per heavy atom. The predicted molar refractivity (Wildman–Crippen MR) is 123 cm³/mol. The van der Waals surface area contributed by atoms with E-state index in [9.17, 15) is 0 Å². The monoisotopic (exact) mass is 376 g/mol. The third-order valence-corrected chi connectivity index (χ3v) is 7.82. The van der Waals surface area contributed by atoms with Crippen molar-refractivity contribution in [3.8, 4) is 0 Å². The number of benzene rings is 2. The third kappa shape index (κ3) is 4.53. The molecule has 0 saturated heterocycles. The average Bonchev–Trinajstić information content (AvgIpc) is 2.74. The molecule has 0 heterocycles. The van der Waals surface area contributed by atoms with Crippen LogP contribution in [0.5, 0.6) is 0 Å². The molecule has 0 nitrogen and oxygen atoms in total. The molecule has 28 heavy (non-hydrogen) atoms. The molecular weight excluding hydrogens is 336 g/mol. The Bertz CT molecular complexity index is 670. The van der Waals surface area contributed by atoms with Crippen molar-refractivity contribution in [2.45, 2.75) is 103 Å². The minimum Gasteiger partial charge on any atom is -0.0646 e. The first-order chi connectivity index (χ1) is 13.3. The Labute approximate surface area is 173 Å². The molecule has 0 radical (unpaired) electrons. The molecular formula is C28H40. The van der Waals surface area contributed by atoms with E-state index in [0.717, 1.165) is 11.8 Å². The number of rotatable bonds is 6. The predicted octanol–water partition coefficient (Wildman–Crippen LogP) is 8.50. The lowest BCUT2D eigenvalue weighted by Crippen LogP contribution is -2.17. The molecule has 3 rings (SSSR count). The van der Waals surface area contributed by atoms with E-state index < -0.39 is 0 Å². The van der Waals surface area contributed by atoms with E-state index in [1.165, 1.54) is 49.7 Å². The molecule has 0 aromatic heterocycles. The van der Waals surface area contributed by atoms with Crippen molar-refractivity contribution in [2.75, 3.05) is 0 Å². The van der Waals surface area contributed by atoms with Gasteiger partial charge in [0, 0.05) is 0 Å². The van der Waals surface area contributed by atoms with Crippen LogP contribution in [0.3, 0.4) is 0 Å². The Morgan fingerprint density at radius 2 is 0.857 bits per heavy atom. The maximum absolute atomic E-state index is 2.40. The van der Waals surface area contributed by atoms with Crippen molar-refractivity contribution in [1.82, 2.24) is 0 Å². The van der Waals surface area contributed by atoms with Crippen molar-refractivity contribution in [1.29, 1.82) is 0 Å². The quantitative estimate of drug-likeness (QED) is 0.474. The van der Waals surface area contributed by atoms with Gasteiger partial charge in [-0.1, -0.05) is 90.1 Å². The highest BCUT2D eigenvalue weighted by molar-refractivity contribution is 5.32. The second-order valence-corrected chi connectivity index (χ2v) is 10.3. The highest BCUT2D eigenvalue weighted by Gasteiger charge is 2.25. The fraction of sp³-hybridized carbons (Fsp3) is 0.571. The molecule has 1 aliphatic rings. The van der Waals surface area contributed by atoms with Gasteiger partial charge in [-0.25, -0.2) is 0 Å². The largest absolute Gasteiger partial charge is 0.0646 e. The van der Waals surface area contributed by atoms with E-state index >= 15 is 0 Å². The van der Waals surface area contributed by atoms with Gasteiger partial charge in [-0.15, -0.1) is 0 Å². The van der Waals surface area contributed by atoms with Gasteiger partial charge in [0.2, 0.25) is 0 Å². The number of hydrogen-bond acceptors (Lipinski definition) is 0. The van der Waals surface area contributed by atoms with Crippen LogP contribution < -0.4 is 0 Å². The van der Waals surface area contributed by atoms with Crippen LogP contribution in [0.15, 0.2) is 48.5 Å². The molecule has 0 aliphatic heterocycles. The summed E-state index contributed by atoms with van der Waals surface area (Å²) in [5.41, 5.74) is 6.62. The Balaban J connectivity index is 1.61. The zero-order valence-corrected chi connectivity index (χ0v) is 19.0. The van der Waals surface area contributed by atoms with Crippen LogP contribution in [0.2, 0.25) is 0 Å². The molecule has 152 valence electrons. The summed E-state index contributed by atoms with van der Waals surface area (Å²) < 4.78 is 0. The highest BCUT2D eigenvalue weighted by Crippen LogP contribution is 2.41. The molecule has 0 bridgehead atoms. The van der Waals surface area contributed by atoms with E-state index in [1.54, 1.807) is 11.1 Å². The summed E-state index contributed by atoms with van der Waals surface area (Å²) in [6, 6.07) is 19.1. The zero-order valence-electron chi connectivity index (χ0n) is 19.0. The van der Waals surface area contributed by atoms with Crippen LogP contribution >= 0.6 is 0 Å². The molecule has 0 amide bonds. The highest BCUT2D eigenvalue weighted by atomic mass is 14.3. The fourth-order valence-corrected chi connectivity index (χ4v) is 4.58. The van der Waals surface area contributed by atoms with Gasteiger partial charge in [0.05, 0.1) is 0 Å². The summed E-state index contributed by atoms with van der Waals surface area (Å²) in [6.07, 6.45) is 7.66. The Hall–Kier alpha value is -1.56. The topological polar surface area (TPSA) is 0 Å². The van der Waals surface area contributed by atoms with E-state index in [2.05, 4.69) is 90.1 Å². The maximum atomic E-state index is 2.40.